The van der Waals surface area contributed by atoms with Gasteiger partial charge in [0, 0.05) is 18.8 Å². The first-order valence-corrected chi connectivity index (χ1v) is 8.26. The van der Waals surface area contributed by atoms with Gasteiger partial charge in [-0.1, -0.05) is 6.92 Å². The first kappa shape index (κ1) is 15.1. The number of hydrogen-bond acceptors (Lipinski definition) is 4. The number of ether oxygens (including phenoxy) is 1. The van der Waals surface area contributed by atoms with E-state index in [0.29, 0.717) is 25.3 Å². The molecule has 7 heteroatoms. The molecule has 2 heterocycles. The molecule has 0 N–H and O–H groups in total. The van der Waals surface area contributed by atoms with E-state index in [1.54, 1.807) is 13.1 Å². The van der Waals surface area contributed by atoms with E-state index >= 15 is 0 Å². The third-order valence-corrected chi connectivity index (χ3v) is 5.46. The standard InChI is InChI=1S/C13H20N2O4S/c1-4-5-20(17,18)15-8-12(9-15)19-11-6-10(2)14(3)13(16)7-11/h6-7,12H,4-5,8-9H2,1-3H3. The Morgan fingerprint density at radius 2 is 2.00 bits per heavy atom. The van der Waals surface area contributed by atoms with Gasteiger partial charge in [-0.3, -0.25) is 4.79 Å². The van der Waals surface area contributed by atoms with Gasteiger partial charge in [0.25, 0.3) is 5.56 Å². The molecule has 1 aliphatic heterocycles. The first-order valence-electron chi connectivity index (χ1n) is 6.65. The van der Waals surface area contributed by atoms with Crippen LogP contribution >= 0.6 is 0 Å². The molecule has 6 nitrogen and oxygen atoms in total. The summed E-state index contributed by atoms with van der Waals surface area (Å²) in [5.41, 5.74) is 0.678. The van der Waals surface area contributed by atoms with Crippen LogP contribution < -0.4 is 10.3 Å². The summed E-state index contributed by atoms with van der Waals surface area (Å²) >= 11 is 0. The topological polar surface area (TPSA) is 68.6 Å². The zero-order valence-corrected chi connectivity index (χ0v) is 12.8. The molecule has 20 heavy (non-hydrogen) atoms. The molecule has 1 fully saturated rings. The third-order valence-electron chi connectivity index (χ3n) is 3.45. The summed E-state index contributed by atoms with van der Waals surface area (Å²) < 4.78 is 32.2. The normalized spacial score (nSPS) is 16.9. The van der Waals surface area contributed by atoms with Crippen molar-refractivity contribution in [1.82, 2.24) is 8.87 Å². The molecule has 0 bridgehead atoms. The van der Waals surface area contributed by atoms with Gasteiger partial charge < -0.3 is 9.30 Å². The van der Waals surface area contributed by atoms with Gasteiger partial charge in [-0.2, -0.15) is 4.31 Å². The molecule has 0 unspecified atom stereocenters. The predicted octanol–water partition coefficient (Wildman–Crippen LogP) is 0.497. The molecular weight excluding hydrogens is 280 g/mol. The molecule has 1 saturated heterocycles. The molecular formula is C13H20N2O4S. The molecule has 0 saturated carbocycles. The number of hydrogen-bond donors (Lipinski definition) is 0. The fourth-order valence-electron chi connectivity index (χ4n) is 2.09. The van der Waals surface area contributed by atoms with Crippen LogP contribution in [0.15, 0.2) is 16.9 Å². The van der Waals surface area contributed by atoms with Crippen LogP contribution in [-0.2, 0) is 17.1 Å². The fourth-order valence-corrected chi connectivity index (χ4v) is 3.65. The highest BCUT2D eigenvalue weighted by molar-refractivity contribution is 7.89. The second-order valence-electron chi connectivity index (χ2n) is 5.10. The molecule has 112 valence electrons. The summed E-state index contributed by atoms with van der Waals surface area (Å²) in [4.78, 5) is 11.6. The zero-order valence-electron chi connectivity index (χ0n) is 12.0. The predicted molar refractivity (Wildman–Crippen MR) is 76.5 cm³/mol. The quantitative estimate of drug-likeness (QED) is 0.794. The van der Waals surface area contributed by atoms with Crippen LogP contribution in [0.1, 0.15) is 19.0 Å². The maximum atomic E-state index is 11.8. The molecule has 0 aromatic carbocycles. The summed E-state index contributed by atoms with van der Waals surface area (Å²) in [6, 6.07) is 3.21. The van der Waals surface area contributed by atoms with Gasteiger partial charge in [-0.15, -0.1) is 0 Å². The van der Waals surface area contributed by atoms with Crippen molar-refractivity contribution in [3.8, 4) is 5.75 Å². The average Bonchev–Trinajstić information content (AvgIpc) is 2.29. The van der Waals surface area contributed by atoms with Crippen molar-refractivity contribution in [3.63, 3.8) is 0 Å². The van der Waals surface area contributed by atoms with Crippen LogP contribution in [0.5, 0.6) is 5.75 Å². The van der Waals surface area contributed by atoms with Crippen LogP contribution in [0.3, 0.4) is 0 Å². The van der Waals surface area contributed by atoms with Gasteiger partial charge in [0.1, 0.15) is 11.9 Å². The second-order valence-corrected chi connectivity index (χ2v) is 7.19. The maximum absolute atomic E-state index is 11.8. The average molecular weight is 300 g/mol. The summed E-state index contributed by atoms with van der Waals surface area (Å²) in [5, 5.41) is 0. The Balaban J connectivity index is 1.97. The van der Waals surface area contributed by atoms with E-state index in [4.69, 9.17) is 4.74 Å². The maximum Gasteiger partial charge on any atom is 0.254 e. The van der Waals surface area contributed by atoms with E-state index in [-0.39, 0.29) is 17.4 Å². The lowest BCUT2D eigenvalue weighted by Gasteiger charge is -2.37. The van der Waals surface area contributed by atoms with Crippen LogP contribution in [-0.4, -0.2) is 42.2 Å². The molecule has 0 atom stereocenters. The van der Waals surface area contributed by atoms with Crippen LogP contribution in [0.2, 0.25) is 0 Å². The van der Waals surface area contributed by atoms with Crippen molar-refractivity contribution in [2.45, 2.75) is 26.4 Å². The van der Waals surface area contributed by atoms with E-state index in [9.17, 15) is 13.2 Å². The van der Waals surface area contributed by atoms with Gasteiger partial charge in [-0.05, 0) is 19.4 Å². The highest BCUT2D eigenvalue weighted by atomic mass is 32.2. The SMILES string of the molecule is CCCS(=O)(=O)N1CC(Oc2cc(C)n(C)c(=O)c2)C1. The minimum Gasteiger partial charge on any atom is -0.487 e. The van der Waals surface area contributed by atoms with E-state index < -0.39 is 10.0 Å². The monoisotopic (exact) mass is 300 g/mol. The van der Waals surface area contributed by atoms with Crippen molar-refractivity contribution in [2.75, 3.05) is 18.8 Å². The molecule has 0 radical (unpaired) electrons. The van der Waals surface area contributed by atoms with Crippen LogP contribution in [0.4, 0.5) is 0 Å². The molecule has 0 aliphatic carbocycles. The smallest absolute Gasteiger partial charge is 0.254 e. The van der Waals surface area contributed by atoms with Crippen molar-refractivity contribution < 1.29 is 13.2 Å². The number of pyridine rings is 1. The van der Waals surface area contributed by atoms with Crippen molar-refractivity contribution in [3.05, 3.63) is 28.2 Å². The third kappa shape index (κ3) is 3.04. The minimum absolute atomic E-state index is 0.130. The molecule has 1 aromatic rings. The number of nitrogens with zero attached hydrogens (tertiary/aromatic N) is 2. The Morgan fingerprint density at radius 1 is 1.35 bits per heavy atom. The number of rotatable bonds is 5. The van der Waals surface area contributed by atoms with Crippen LogP contribution in [0, 0.1) is 6.92 Å². The molecule has 1 aromatic heterocycles. The van der Waals surface area contributed by atoms with Crippen molar-refractivity contribution >= 4 is 10.0 Å². The highest BCUT2D eigenvalue weighted by Gasteiger charge is 2.36. The van der Waals surface area contributed by atoms with Gasteiger partial charge in [0.05, 0.1) is 18.8 Å². The zero-order chi connectivity index (χ0) is 14.9. The lowest BCUT2D eigenvalue weighted by Crippen LogP contribution is -2.56. The van der Waals surface area contributed by atoms with Gasteiger partial charge in [0.15, 0.2) is 0 Å². The van der Waals surface area contributed by atoms with Gasteiger partial charge in [0.2, 0.25) is 10.0 Å². The summed E-state index contributed by atoms with van der Waals surface area (Å²) in [6.07, 6.45) is 0.436. The van der Waals surface area contributed by atoms with Crippen molar-refractivity contribution in [1.29, 1.82) is 0 Å². The first-order chi connectivity index (χ1) is 9.33. The number of aryl methyl sites for hydroxylation is 1. The molecule has 1 aliphatic rings. The summed E-state index contributed by atoms with van der Waals surface area (Å²) in [7, 11) is -1.44. The Kier molecular flexibility index (Phi) is 4.19. The lowest BCUT2D eigenvalue weighted by atomic mass is 10.2. The van der Waals surface area contributed by atoms with E-state index in [0.717, 1.165) is 5.69 Å². The van der Waals surface area contributed by atoms with Gasteiger partial charge in [-0.25, -0.2) is 8.42 Å². The Morgan fingerprint density at radius 3 is 2.55 bits per heavy atom. The Hall–Kier alpha value is -1.34. The van der Waals surface area contributed by atoms with E-state index in [2.05, 4.69) is 0 Å². The van der Waals surface area contributed by atoms with Crippen molar-refractivity contribution in [2.24, 2.45) is 7.05 Å². The Bertz CT molecular complexity index is 645. The number of aromatic nitrogens is 1. The largest absolute Gasteiger partial charge is 0.487 e. The van der Waals surface area contributed by atoms with Gasteiger partial charge >= 0.3 is 0 Å². The molecule has 0 amide bonds. The highest BCUT2D eigenvalue weighted by Crippen LogP contribution is 2.20. The minimum atomic E-state index is -3.13. The molecule has 2 rings (SSSR count). The van der Waals surface area contributed by atoms with E-state index in [1.807, 2.05) is 13.8 Å². The lowest BCUT2D eigenvalue weighted by molar-refractivity contribution is 0.0759. The summed E-state index contributed by atoms with van der Waals surface area (Å²) in [6.45, 7) is 4.38. The number of sulfonamides is 1. The fraction of sp³-hybridized carbons (Fsp3) is 0.615. The second kappa shape index (κ2) is 5.57. The molecule has 0 spiro atoms. The van der Waals surface area contributed by atoms with Crippen LogP contribution in [0.25, 0.3) is 0 Å². The Labute approximate surface area is 119 Å². The summed E-state index contributed by atoms with van der Waals surface area (Å²) in [5.74, 6) is 0.674. The van der Waals surface area contributed by atoms with E-state index in [1.165, 1.54) is 14.9 Å².